The first-order valence-electron chi connectivity index (χ1n) is 9.27. The van der Waals surface area contributed by atoms with Crippen LogP contribution in [0.4, 0.5) is 10.1 Å². The van der Waals surface area contributed by atoms with Crippen molar-refractivity contribution in [1.29, 1.82) is 0 Å². The van der Waals surface area contributed by atoms with Gasteiger partial charge < -0.3 is 19.8 Å². The molecule has 0 saturated carbocycles. The second kappa shape index (κ2) is 9.21. The Kier molecular flexibility index (Phi) is 6.46. The lowest BCUT2D eigenvalue weighted by atomic mass is 10.0. The molecule has 0 fully saturated rings. The minimum atomic E-state index is -0.610. The zero-order chi connectivity index (χ0) is 21.7. The van der Waals surface area contributed by atoms with Crippen molar-refractivity contribution in [3.63, 3.8) is 0 Å². The first-order chi connectivity index (χ1) is 14.3. The highest BCUT2D eigenvalue weighted by Crippen LogP contribution is 2.26. The number of esters is 1. The molecule has 0 aliphatic heterocycles. The van der Waals surface area contributed by atoms with Gasteiger partial charge in [-0.25, -0.2) is 4.39 Å². The lowest BCUT2D eigenvalue weighted by molar-refractivity contribution is -0.147. The summed E-state index contributed by atoms with van der Waals surface area (Å²) in [6.45, 7) is 3.11. The van der Waals surface area contributed by atoms with Crippen LogP contribution in [0.3, 0.4) is 0 Å². The van der Waals surface area contributed by atoms with Crippen LogP contribution in [0.2, 0.25) is 0 Å². The topological polar surface area (TPSA) is 97.6 Å². The largest absolute Gasteiger partial charge is 0.464 e. The van der Waals surface area contributed by atoms with Gasteiger partial charge in [0.1, 0.15) is 11.4 Å². The zero-order valence-corrected chi connectivity index (χ0v) is 16.6. The number of fused-ring (bicyclic) bond motifs is 1. The van der Waals surface area contributed by atoms with Gasteiger partial charge in [0, 0.05) is 16.6 Å². The number of furan rings is 1. The molecule has 0 aliphatic carbocycles. The molecule has 0 atom stereocenters. The molecular formula is C22H21FN2O5. The van der Waals surface area contributed by atoms with Crippen LogP contribution in [0.25, 0.3) is 11.0 Å². The van der Waals surface area contributed by atoms with Crippen LogP contribution in [0, 0.1) is 19.7 Å². The summed E-state index contributed by atoms with van der Waals surface area (Å²) in [5.41, 5.74) is 3.90. The first-order valence-corrected chi connectivity index (χ1v) is 9.27. The highest BCUT2D eigenvalue weighted by molar-refractivity contribution is 5.95. The van der Waals surface area contributed by atoms with Gasteiger partial charge in [0.2, 0.25) is 5.91 Å². The Morgan fingerprint density at radius 3 is 2.50 bits per heavy atom. The summed E-state index contributed by atoms with van der Waals surface area (Å²) in [4.78, 5) is 35.7. The Balaban J connectivity index is 1.43. The molecule has 0 unspecified atom stereocenters. The van der Waals surface area contributed by atoms with Crippen molar-refractivity contribution in [2.24, 2.45) is 0 Å². The lowest BCUT2D eigenvalue weighted by Gasteiger charge is -2.08. The molecule has 0 radical (unpaired) electrons. The third-order valence-corrected chi connectivity index (χ3v) is 4.61. The number of rotatable bonds is 7. The van der Waals surface area contributed by atoms with Gasteiger partial charge in [0.15, 0.2) is 6.61 Å². The Hall–Kier alpha value is -3.68. The summed E-state index contributed by atoms with van der Waals surface area (Å²) in [6, 6.07) is 9.06. The van der Waals surface area contributed by atoms with Crippen LogP contribution in [0.1, 0.15) is 16.7 Å². The third-order valence-electron chi connectivity index (χ3n) is 4.61. The van der Waals surface area contributed by atoms with E-state index in [1.54, 1.807) is 0 Å². The van der Waals surface area contributed by atoms with E-state index in [0.29, 0.717) is 11.3 Å². The number of anilines is 1. The van der Waals surface area contributed by atoms with E-state index in [1.807, 2.05) is 26.0 Å². The van der Waals surface area contributed by atoms with Crippen molar-refractivity contribution in [3.8, 4) is 0 Å². The maximum Gasteiger partial charge on any atom is 0.310 e. The molecule has 3 rings (SSSR count). The van der Waals surface area contributed by atoms with Crippen molar-refractivity contribution in [2.45, 2.75) is 20.3 Å². The maximum absolute atomic E-state index is 12.8. The Morgan fingerprint density at radius 2 is 1.77 bits per heavy atom. The van der Waals surface area contributed by atoms with Gasteiger partial charge in [-0.15, -0.1) is 0 Å². The Morgan fingerprint density at radius 1 is 1.03 bits per heavy atom. The minimum absolute atomic E-state index is 0.0339. The van der Waals surface area contributed by atoms with Crippen LogP contribution in [0.5, 0.6) is 0 Å². The molecule has 3 aromatic rings. The molecule has 8 heteroatoms. The first kappa shape index (κ1) is 21.0. The molecule has 2 amide bonds. The predicted octanol–water partition coefficient (Wildman–Crippen LogP) is 3.03. The molecule has 7 nitrogen and oxygen atoms in total. The second-order valence-corrected chi connectivity index (χ2v) is 6.81. The van der Waals surface area contributed by atoms with Crippen LogP contribution in [-0.2, 0) is 25.5 Å². The van der Waals surface area contributed by atoms with Crippen LogP contribution in [-0.4, -0.2) is 30.9 Å². The molecule has 0 spiro atoms. The van der Waals surface area contributed by atoms with Gasteiger partial charge in [0.05, 0.1) is 19.2 Å². The lowest BCUT2D eigenvalue weighted by Crippen LogP contribution is -2.35. The normalized spacial score (nSPS) is 10.6. The third kappa shape index (κ3) is 5.22. The van der Waals surface area contributed by atoms with Gasteiger partial charge in [0.25, 0.3) is 5.91 Å². The average molecular weight is 412 g/mol. The molecule has 156 valence electrons. The van der Waals surface area contributed by atoms with Crippen LogP contribution < -0.4 is 10.6 Å². The zero-order valence-electron chi connectivity index (χ0n) is 16.6. The maximum atomic E-state index is 12.8. The number of carbonyl (C=O) groups is 3. The fourth-order valence-electron chi connectivity index (χ4n) is 2.85. The summed E-state index contributed by atoms with van der Waals surface area (Å²) < 4.78 is 23.4. The van der Waals surface area contributed by atoms with E-state index in [1.165, 1.54) is 30.5 Å². The smallest absolute Gasteiger partial charge is 0.310 e. The number of hydrogen-bond acceptors (Lipinski definition) is 5. The average Bonchev–Trinajstić information content (AvgIpc) is 3.12. The summed E-state index contributed by atoms with van der Waals surface area (Å²) in [6.07, 6.45) is 1.48. The second-order valence-electron chi connectivity index (χ2n) is 6.81. The Labute approximate surface area is 172 Å². The number of benzene rings is 2. The summed E-state index contributed by atoms with van der Waals surface area (Å²) in [7, 11) is 0. The predicted molar refractivity (Wildman–Crippen MR) is 108 cm³/mol. The minimum Gasteiger partial charge on any atom is -0.464 e. The number of hydrogen-bond donors (Lipinski definition) is 2. The molecule has 30 heavy (non-hydrogen) atoms. The SMILES string of the molecule is Cc1ccc2c(CC(=O)OCC(=O)NCC(=O)Nc3ccc(F)cc3)coc2c1C. The van der Waals surface area contributed by atoms with E-state index in [2.05, 4.69) is 10.6 Å². The molecule has 0 aliphatic rings. The Bertz CT molecular complexity index is 1090. The van der Waals surface area contributed by atoms with E-state index in [4.69, 9.17) is 9.15 Å². The summed E-state index contributed by atoms with van der Waals surface area (Å²) in [5.74, 6) is -2.10. The fraction of sp³-hybridized carbons (Fsp3) is 0.227. The highest BCUT2D eigenvalue weighted by atomic mass is 19.1. The summed E-state index contributed by atoms with van der Waals surface area (Å²) >= 11 is 0. The number of nitrogens with one attached hydrogen (secondary N) is 2. The van der Waals surface area contributed by atoms with E-state index in [0.717, 1.165) is 22.1 Å². The van der Waals surface area contributed by atoms with Gasteiger partial charge >= 0.3 is 5.97 Å². The highest BCUT2D eigenvalue weighted by Gasteiger charge is 2.15. The monoisotopic (exact) mass is 412 g/mol. The van der Waals surface area contributed by atoms with Crippen molar-refractivity contribution in [1.82, 2.24) is 5.32 Å². The number of halogens is 1. The van der Waals surface area contributed by atoms with Crippen molar-refractivity contribution >= 4 is 34.4 Å². The molecule has 2 N–H and O–H groups in total. The quantitative estimate of drug-likeness (QED) is 0.582. The molecule has 2 aromatic carbocycles. The fourth-order valence-corrected chi connectivity index (χ4v) is 2.85. The molecule has 0 bridgehead atoms. The molecular weight excluding hydrogens is 391 g/mol. The number of ether oxygens (including phenoxy) is 1. The van der Waals surface area contributed by atoms with Crippen molar-refractivity contribution in [3.05, 3.63) is 65.2 Å². The van der Waals surface area contributed by atoms with Crippen LogP contribution >= 0.6 is 0 Å². The molecule has 0 saturated heterocycles. The van der Waals surface area contributed by atoms with Gasteiger partial charge in [-0.2, -0.15) is 0 Å². The van der Waals surface area contributed by atoms with Crippen molar-refractivity contribution in [2.75, 3.05) is 18.5 Å². The van der Waals surface area contributed by atoms with Crippen LogP contribution in [0.15, 0.2) is 47.1 Å². The van der Waals surface area contributed by atoms with Gasteiger partial charge in [-0.05, 0) is 49.2 Å². The van der Waals surface area contributed by atoms with E-state index < -0.39 is 30.2 Å². The van der Waals surface area contributed by atoms with E-state index >= 15 is 0 Å². The summed E-state index contributed by atoms with van der Waals surface area (Å²) in [5, 5.41) is 5.69. The van der Waals surface area contributed by atoms with Crippen molar-refractivity contribution < 1.29 is 27.9 Å². The molecule has 1 heterocycles. The number of amides is 2. The van der Waals surface area contributed by atoms with Gasteiger partial charge in [-0.3, -0.25) is 14.4 Å². The van der Waals surface area contributed by atoms with E-state index in [9.17, 15) is 18.8 Å². The standard InChI is InChI=1S/C22H21FN2O5/c1-13-3-8-18-15(11-30-22(18)14(13)2)9-21(28)29-12-20(27)24-10-19(26)25-17-6-4-16(23)5-7-17/h3-8,11H,9-10,12H2,1-2H3,(H,24,27)(H,25,26). The number of aryl methyl sites for hydroxylation is 2. The number of carbonyl (C=O) groups excluding carboxylic acids is 3. The van der Waals surface area contributed by atoms with Gasteiger partial charge in [-0.1, -0.05) is 12.1 Å². The van der Waals surface area contributed by atoms with E-state index in [-0.39, 0.29) is 13.0 Å². The molecule has 1 aromatic heterocycles.